The van der Waals surface area contributed by atoms with Crippen LogP contribution < -0.4 is 0 Å². The summed E-state index contributed by atoms with van der Waals surface area (Å²) in [6, 6.07) is 9.99. The van der Waals surface area contributed by atoms with E-state index in [0.29, 0.717) is 6.42 Å². The highest BCUT2D eigenvalue weighted by Crippen LogP contribution is 2.22. The zero-order chi connectivity index (χ0) is 16.9. The summed E-state index contributed by atoms with van der Waals surface area (Å²) >= 11 is 3.08. The quantitative estimate of drug-likeness (QED) is 0.361. The maximum atomic E-state index is 12.0. The molecule has 0 aliphatic heterocycles. The first-order valence-corrected chi connectivity index (χ1v) is 9.57. The molecular formula is C17H18N4OS2. The van der Waals surface area contributed by atoms with E-state index in [-0.39, 0.29) is 5.78 Å². The molecular weight excluding hydrogens is 340 g/mol. The van der Waals surface area contributed by atoms with Crippen LogP contribution >= 0.6 is 23.1 Å². The SMILES string of the molecule is Cc1ccc(-n2nnnc2SCCCC(=O)c2cccs2)c(C)c1. The first-order valence-electron chi connectivity index (χ1n) is 7.70. The van der Waals surface area contributed by atoms with Gasteiger partial charge in [0.2, 0.25) is 5.16 Å². The number of thiophene rings is 1. The van der Waals surface area contributed by atoms with Crippen molar-refractivity contribution in [2.24, 2.45) is 0 Å². The lowest BCUT2D eigenvalue weighted by atomic mass is 10.1. The van der Waals surface area contributed by atoms with E-state index in [4.69, 9.17) is 0 Å². The monoisotopic (exact) mass is 358 g/mol. The molecule has 0 radical (unpaired) electrons. The van der Waals surface area contributed by atoms with Crippen LogP contribution in [0.4, 0.5) is 0 Å². The molecule has 0 spiro atoms. The Morgan fingerprint density at radius 2 is 2.17 bits per heavy atom. The highest BCUT2D eigenvalue weighted by Gasteiger charge is 2.12. The third kappa shape index (κ3) is 3.91. The van der Waals surface area contributed by atoms with Gasteiger partial charge in [-0.05, 0) is 53.8 Å². The standard InChI is InChI=1S/C17H18N4OS2/c1-12-7-8-14(13(2)11-12)21-17(18-19-20-21)24-10-3-5-15(22)16-6-4-9-23-16/h4,6-9,11H,3,5,10H2,1-2H3. The van der Waals surface area contributed by atoms with Gasteiger partial charge in [0.15, 0.2) is 5.78 Å². The Balaban J connectivity index is 1.59. The van der Waals surface area contributed by atoms with E-state index in [0.717, 1.165) is 33.5 Å². The van der Waals surface area contributed by atoms with Crippen molar-refractivity contribution in [2.75, 3.05) is 5.75 Å². The fourth-order valence-electron chi connectivity index (χ4n) is 2.42. The van der Waals surface area contributed by atoms with Crippen LogP contribution in [0, 0.1) is 13.8 Å². The van der Waals surface area contributed by atoms with Crippen molar-refractivity contribution in [3.05, 3.63) is 51.7 Å². The van der Waals surface area contributed by atoms with Crippen molar-refractivity contribution < 1.29 is 4.79 Å². The van der Waals surface area contributed by atoms with Crippen LogP contribution in [-0.4, -0.2) is 31.7 Å². The number of thioether (sulfide) groups is 1. The number of hydrogen-bond donors (Lipinski definition) is 0. The van der Waals surface area contributed by atoms with Crippen molar-refractivity contribution in [1.82, 2.24) is 20.2 Å². The van der Waals surface area contributed by atoms with Gasteiger partial charge in [-0.2, -0.15) is 4.68 Å². The first kappa shape index (κ1) is 16.9. The summed E-state index contributed by atoms with van der Waals surface area (Å²) < 4.78 is 1.76. The zero-order valence-electron chi connectivity index (χ0n) is 13.6. The van der Waals surface area contributed by atoms with E-state index in [9.17, 15) is 4.79 Å². The maximum absolute atomic E-state index is 12.0. The number of nitrogens with zero attached hydrogens (tertiary/aromatic N) is 4. The molecule has 0 aliphatic carbocycles. The summed E-state index contributed by atoms with van der Waals surface area (Å²) in [7, 11) is 0. The van der Waals surface area contributed by atoms with Crippen LogP contribution in [-0.2, 0) is 0 Å². The van der Waals surface area contributed by atoms with Crippen molar-refractivity contribution in [1.29, 1.82) is 0 Å². The molecule has 124 valence electrons. The number of rotatable bonds is 7. The van der Waals surface area contributed by atoms with Gasteiger partial charge in [-0.3, -0.25) is 4.79 Å². The van der Waals surface area contributed by atoms with E-state index in [2.05, 4.69) is 41.5 Å². The van der Waals surface area contributed by atoms with Crippen LogP contribution in [0.3, 0.4) is 0 Å². The molecule has 0 amide bonds. The van der Waals surface area contributed by atoms with Gasteiger partial charge in [0.1, 0.15) is 0 Å². The van der Waals surface area contributed by atoms with E-state index < -0.39 is 0 Å². The van der Waals surface area contributed by atoms with Gasteiger partial charge in [-0.25, -0.2) is 0 Å². The molecule has 0 saturated carbocycles. The van der Waals surface area contributed by atoms with Crippen molar-refractivity contribution >= 4 is 28.9 Å². The average molecular weight is 358 g/mol. The lowest BCUT2D eigenvalue weighted by molar-refractivity contribution is 0.0986. The Bertz CT molecular complexity index is 827. The molecule has 24 heavy (non-hydrogen) atoms. The smallest absolute Gasteiger partial charge is 0.214 e. The summed E-state index contributed by atoms with van der Waals surface area (Å²) in [5, 5.41) is 14.7. The Kier molecular flexibility index (Phi) is 5.42. The van der Waals surface area contributed by atoms with E-state index in [1.54, 1.807) is 16.4 Å². The molecule has 5 nitrogen and oxygen atoms in total. The van der Waals surface area contributed by atoms with Gasteiger partial charge in [0.25, 0.3) is 0 Å². The predicted molar refractivity (Wildman–Crippen MR) is 97.2 cm³/mol. The maximum Gasteiger partial charge on any atom is 0.214 e. The van der Waals surface area contributed by atoms with Gasteiger partial charge in [-0.15, -0.1) is 16.4 Å². The second kappa shape index (κ2) is 7.72. The summed E-state index contributed by atoms with van der Waals surface area (Å²) in [5.41, 5.74) is 3.34. The molecule has 0 aliphatic rings. The van der Waals surface area contributed by atoms with E-state index in [1.165, 1.54) is 16.9 Å². The molecule has 1 aromatic carbocycles. The molecule has 0 unspecified atom stereocenters. The Hall–Kier alpha value is -1.99. The molecule has 7 heteroatoms. The van der Waals surface area contributed by atoms with Gasteiger partial charge in [0.05, 0.1) is 10.6 Å². The molecule has 0 saturated heterocycles. The van der Waals surface area contributed by atoms with Gasteiger partial charge >= 0.3 is 0 Å². The molecule has 0 atom stereocenters. The summed E-state index contributed by atoms with van der Waals surface area (Å²) in [5.74, 6) is 1.02. The predicted octanol–water partition coefficient (Wildman–Crippen LogP) is 4.10. The van der Waals surface area contributed by atoms with E-state index in [1.807, 2.05) is 23.6 Å². The number of ketones is 1. The normalized spacial score (nSPS) is 10.9. The topological polar surface area (TPSA) is 60.7 Å². The Morgan fingerprint density at radius 1 is 1.29 bits per heavy atom. The van der Waals surface area contributed by atoms with Crippen LogP contribution in [0.2, 0.25) is 0 Å². The summed E-state index contributed by atoms with van der Waals surface area (Å²) in [6.07, 6.45) is 1.36. The fourth-order valence-corrected chi connectivity index (χ4v) is 3.94. The average Bonchev–Trinajstić information content (AvgIpc) is 3.23. The number of aromatic nitrogens is 4. The minimum absolute atomic E-state index is 0.208. The Labute approximate surface area is 149 Å². The highest BCUT2D eigenvalue weighted by molar-refractivity contribution is 7.99. The van der Waals surface area contributed by atoms with Crippen molar-refractivity contribution in [3.63, 3.8) is 0 Å². The Morgan fingerprint density at radius 3 is 2.92 bits per heavy atom. The number of carbonyl (C=O) groups is 1. The van der Waals surface area contributed by atoms with Crippen molar-refractivity contribution in [2.45, 2.75) is 31.8 Å². The number of tetrazole rings is 1. The third-order valence-electron chi connectivity index (χ3n) is 3.60. The number of aryl methyl sites for hydroxylation is 2. The van der Waals surface area contributed by atoms with Crippen molar-refractivity contribution in [3.8, 4) is 5.69 Å². The van der Waals surface area contributed by atoms with E-state index >= 15 is 0 Å². The highest BCUT2D eigenvalue weighted by atomic mass is 32.2. The lowest BCUT2D eigenvalue weighted by Gasteiger charge is -2.08. The number of hydrogen-bond acceptors (Lipinski definition) is 6. The number of carbonyl (C=O) groups excluding carboxylic acids is 1. The summed E-state index contributed by atoms with van der Waals surface area (Å²) in [4.78, 5) is 12.8. The molecule has 3 aromatic rings. The lowest BCUT2D eigenvalue weighted by Crippen LogP contribution is -2.02. The number of Topliss-reactive ketones (excluding diaryl/α,β-unsaturated/α-hetero) is 1. The molecule has 2 heterocycles. The molecule has 2 aromatic heterocycles. The van der Waals surface area contributed by atoms with Crippen LogP contribution in [0.1, 0.15) is 33.6 Å². The van der Waals surface area contributed by atoms with Crippen LogP contribution in [0.15, 0.2) is 40.9 Å². The molecule has 0 bridgehead atoms. The molecule has 3 rings (SSSR count). The van der Waals surface area contributed by atoms with Crippen LogP contribution in [0.5, 0.6) is 0 Å². The van der Waals surface area contributed by atoms with Gasteiger partial charge < -0.3 is 0 Å². The third-order valence-corrected chi connectivity index (χ3v) is 5.51. The zero-order valence-corrected chi connectivity index (χ0v) is 15.2. The first-order chi connectivity index (χ1) is 11.6. The van der Waals surface area contributed by atoms with Gasteiger partial charge in [-0.1, -0.05) is 35.5 Å². The number of benzene rings is 1. The minimum atomic E-state index is 0.208. The minimum Gasteiger partial charge on any atom is -0.293 e. The van der Waals surface area contributed by atoms with Crippen LogP contribution in [0.25, 0.3) is 5.69 Å². The second-order valence-corrected chi connectivity index (χ2v) is 7.53. The molecule has 0 N–H and O–H groups in total. The summed E-state index contributed by atoms with van der Waals surface area (Å²) in [6.45, 7) is 4.12. The second-order valence-electron chi connectivity index (χ2n) is 5.52. The molecule has 0 fully saturated rings. The fraction of sp³-hybridized carbons (Fsp3) is 0.294. The largest absolute Gasteiger partial charge is 0.293 e. The van der Waals surface area contributed by atoms with Gasteiger partial charge in [0, 0.05) is 12.2 Å².